The molecule has 0 radical (unpaired) electrons. The number of nitrogens with zero attached hydrogens (tertiary/aromatic N) is 1. The van der Waals surface area contributed by atoms with Crippen molar-refractivity contribution in [2.75, 3.05) is 12.4 Å². The molecule has 0 saturated heterocycles. The van der Waals surface area contributed by atoms with Crippen LogP contribution in [0.5, 0.6) is 0 Å². The number of thiocarbonyl (C=S) groups is 1. The number of esters is 1. The van der Waals surface area contributed by atoms with Crippen molar-refractivity contribution in [2.24, 2.45) is 0 Å². The average molecular weight is 438 g/mol. The Morgan fingerprint density at radius 2 is 1.84 bits per heavy atom. The number of ether oxygens (including phenoxy) is 1. The molecule has 6 nitrogen and oxygen atoms in total. The van der Waals surface area contributed by atoms with Gasteiger partial charge >= 0.3 is 5.97 Å². The molecule has 3 rings (SSSR count). The third-order valence-electron chi connectivity index (χ3n) is 5.18. The quantitative estimate of drug-likeness (QED) is 0.536. The number of nitrogens with one attached hydrogen (secondary N) is 2. The number of hydrogen-bond acceptors (Lipinski definition) is 4. The Kier molecular flexibility index (Phi) is 6.75. The molecule has 2 aromatic rings. The molecule has 2 aromatic carbocycles. The lowest BCUT2D eigenvalue weighted by Gasteiger charge is -2.35. The number of aryl methyl sites for hydroxylation is 1. The summed E-state index contributed by atoms with van der Waals surface area (Å²) in [6.07, 6.45) is -0.243. The molecule has 2 N–H and O–H groups in total. The summed E-state index contributed by atoms with van der Waals surface area (Å²) >= 11 is 5.45. The van der Waals surface area contributed by atoms with Crippen LogP contribution in [0, 0.1) is 6.92 Å². The summed E-state index contributed by atoms with van der Waals surface area (Å²) in [6, 6.07) is 14.3. The Bertz CT molecular complexity index is 1060. The van der Waals surface area contributed by atoms with Crippen LogP contribution in [-0.2, 0) is 9.53 Å². The van der Waals surface area contributed by atoms with Crippen molar-refractivity contribution >= 4 is 34.9 Å². The van der Waals surface area contributed by atoms with Crippen LogP contribution in [0.1, 0.15) is 48.3 Å². The van der Waals surface area contributed by atoms with Gasteiger partial charge in [0.1, 0.15) is 0 Å². The molecular weight excluding hydrogens is 410 g/mol. The second kappa shape index (κ2) is 9.31. The van der Waals surface area contributed by atoms with Gasteiger partial charge in [-0.05, 0) is 69.2 Å². The average Bonchev–Trinajstić information content (AvgIpc) is 2.71. The zero-order valence-corrected chi connectivity index (χ0v) is 19.2. The summed E-state index contributed by atoms with van der Waals surface area (Å²) < 4.78 is 5.48. The van der Waals surface area contributed by atoms with Gasteiger partial charge in [-0.15, -0.1) is 0 Å². The maximum absolute atomic E-state index is 12.9. The van der Waals surface area contributed by atoms with E-state index in [2.05, 4.69) is 10.6 Å². The highest BCUT2D eigenvalue weighted by Gasteiger charge is 2.34. The van der Waals surface area contributed by atoms with Gasteiger partial charge in [-0.1, -0.05) is 30.3 Å². The van der Waals surface area contributed by atoms with Gasteiger partial charge in [-0.2, -0.15) is 0 Å². The number of hydrogen-bond donors (Lipinski definition) is 2. The van der Waals surface area contributed by atoms with Crippen molar-refractivity contribution in [1.29, 1.82) is 0 Å². The molecule has 7 heteroatoms. The van der Waals surface area contributed by atoms with Gasteiger partial charge in [0.2, 0.25) is 0 Å². The van der Waals surface area contributed by atoms with Gasteiger partial charge in [-0.25, -0.2) is 4.79 Å². The van der Waals surface area contributed by atoms with Crippen molar-refractivity contribution < 1.29 is 14.3 Å². The summed E-state index contributed by atoms with van der Waals surface area (Å²) in [5.74, 6) is -0.582. The van der Waals surface area contributed by atoms with Crippen LogP contribution in [0.15, 0.2) is 59.8 Å². The first kappa shape index (κ1) is 22.5. The zero-order valence-electron chi connectivity index (χ0n) is 18.4. The van der Waals surface area contributed by atoms with Gasteiger partial charge in [0, 0.05) is 24.0 Å². The molecule has 0 fully saturated rings. The van der Waals surface area contributed by atoms with E-state index < -0.39 is 12.0 Å². The third kappa shape index (κ3) is 4.94. The number of carbonyl (C=O) groups is 2. The van der Waals surface area contributed by atoms with Crippen LogP contribution >= 0.6 is 12.2 Å². The molecule has 1 atom stereocenters. The van der Waals surface area contributed by atoms with E-state index in [4.69, 9.17) is 17.0 Å². The lowest BCUT2D eigenvalue weighted by molar-refractivity contribution is -0.143. The maximum Gasteiger partial charge on any atom is 0.338 e. The Labute approximate surface area is 188 Å². The maximum atomic E-state index is 12.9. The molecule has 0 bridgehead atoms. The molecule has 162 valence electrons. The molecule has 1 amide bonds. The minimum absolute atomic E-state index is 0.187. The highest BCUT2D eigenvalue weighted by atomic mass is 32.1. The van der Waals surface area contributed by atoms with E-state index in [-0.39, 0.29) is 12.0 Å². The predicted molar refractivity (Wildman–Crippen MR) is 126 cm³/mol. The van der Waals surface area contributed by atoms with Crippen molar-refractivity contribution in [3.8, 4) is 0 Å². The summed E-state index contributed by atoms with van der Waals surface area (Å²) in [7, 11) is 1.81. The fourth-order valence-electron chi connectivity index (χ4n) is 3.45. The summed E-state index contributed by atoms with van der Waals surface area (Å²) in [5.41, 5.74) is 4.17. The van der Waals surface area contributed by atoms with E-state index in [0.29, 0.717) is 21.9 Å². The van der Waals surface area contributed by atoms with Gasteiger partial charge in [0.25, 0.3) is 5.91 Å². The standard InChI is InChI=1S/C24H27N3O3S/c1-14(2)30-23(29)20-16(4)27(5)24(31)26-21(20)17-10-8-11-18(13-17)25-22(28)19-12-7-6-9-15(19)3/h6-14,21H,1-5H3,(H,25,28)(H,26,31). The van der Waals surface area contributed by atoms with E-state index >= 15 is 0 Å². The lowest BCUT2D eigenvalue weighted by Crippen LogP contribution is -2.46. The Hall–Kier alpha value is -3.19. The van der Waals surface area contributed by atoms with Crippen LogP contribution < -0.4 is 10.6 Å². The first-order valence-corrected chi connectivity index (χ1v) is 10.5. The van der Waals surface area contributed by atoms with Crippen LogP contribution in [0.2, 0.25) is 0 Å². The fourth-order valence-corrected chi connectivity index (χ4v) is 3.70. The summed E-state index contributed by atoms with van der Waals surface area (Å²) in [4.78, 5) is 27.4. The van der Waals surface area contributed by atoms with Crippen molar-refractivity contribution in [3.63, 3.8) is 0 Å². The van der Waals surface area contributed by atoms with Crippen LogP contribution in [-0.4, -0.2) is 35.0 Å². The van der Waals surface area contributed by atoms with Crippen molar-refractivity contribution in [3.05, 3.63) is 76.5 Å². The Morgan fingerprint density at radius 3 is 2.52 bits per heavy atom. The smallest absolute Gasteiger partial charge is 0.338 e. The minimum atomic E-state index is -0.481. The van der Waals surface area contributed by atoms with Crippen LogP contribution in [0.3, 0.4) is 0 Å². The molecule has 1 heterocycles. The Balaban J connectivity index is 1.94. The first-order valence-electron chi connectivity index (χ1n) is 10.1. The SMILES string of the molecule is CC1=C(C(=O)OC(C)C)C(c2cccc(NC(=O)c3ccccc3C)c2)NC(=S)N1C. The van der Waals surface area contributed by atoms with E-state index in [1.54, 1.807) is 11.0 Å². The first-order chi connectivity index (χ1) is 14.7. The zero-order chi connectivity index (χ0) is 22.7. The molecule has 1 aliphatic heterocycles. The molecule has 31 heavy (non-hydrogen) atoms. The minimum Gasteiger partial charge on any atom is -0.459 e. The predicted octanol–water partition coefficient (Wildman–Crippen LogP) is 4.33. The van der Waals surface area contributed by atoms with Crippen LogP contribution in [0.4, 0.5) is 5.69 Å². The third-order valence-corrected chi connectivity index (χ3v) is 5.58. The van der Waals surface area contributed by atoms with Gasteiger partial charge < -0.3 is 20.3 Å². The highest BCUT2D eigenvalue weighted by Crippen LogP contribution is 2.32. The second-order valence-electron chi connectivity index (χ2n) is 7.79. The Morgan fingerprint density at radius 1 is 1.13 bits per heavy atom. The fraction of sp³-hybridized carbons (Fsp3) is 0.292. The number of carbonyl (C=O) groups excluding carboxylic acids is 2. The largest absolute Gasteiger partial charge is 0.459 e. The second-order valence-corrected chi connectivity index (χ2v) is 8.18. The molecule has 1 unspecified atom stereocenters. The number of benzene rings is 2. The van der Waals surface area contributed by atoms with Crippen molar-refractivity contribution in [2.45, 2.75) is 39.8 Å². The van der Waals surface area contributed by atoms with E-state index in [1.165, 1.54) is 0 Å². The van der Waals surface area contributed by atoms with Gasteiger partial charge in [0.15, 0.2) is 5.11 Å². The number of amides is 1. The molecule has 0 aromatic heterocycles. The van der Waals surface area contributed by atoms with Gasteiger partial charge in [-0.3, -0.25) is 4.79 Å². The summed E-state index contributed by atoms with van der Waals surface area (Å²) in [6.45, 7) is 7.38. The number of rotatable bonds is 5. The van der Waals surface area contributed by atoms with E-state index in [1.807, 2.05) is 77.2 Å². The van der Waals surface area contributed by atoms with E-state index in [0.717, 1.165) is 16.8 Å². The molecular formula is C24H27N3O3S. The molecule has 1 aliphatic rings. The monoisotopic (exact) mass is 437 g/mol. The highest BCUT2D eigenvalue weighted by molar-refractivity contribution is 7.80. The topological polar surface area (TPSA) is 70.7 Å². The van der Waals surface area contributed by atoms with Gasteiger partial charge in [0.05, 0.1) is 17.7 Å². The molecule has 0 spiro atoms. The molecule has 0 saturated carbocycles. The molecule has 0 aliphatic carbocycles. The van der Waals surface area contributed by atoms with Crippen LogP contribution in [0.25, 0.3) is 0 Å². The van der Waals surface area contributed by atoms with E-state index in [9.17, 15) is 9.59 Å². The summed E-state index contributed by atoms with van der Waals surface area (Å²) in [5, 5.41) is 6.68. The van der Waals surface area contributed by atoms with Crippen molar-refractivity contribution in [1.82, 2.24) is 10.2 Å². The normalized spacial score (nSPS) is 16.3. The number of anilines is 1. The number of allylic oxidation sites excluding steroid dienone is 1. The lowest BCUT2D eigenvalue weighted by atomic mass is 9.94.